The highest BCUT2D eigenvalue weighted by Crippen LogP contribution is 2.34. The van der Waals surface area contributed by atoms with Crippen molar-refractivity contribution in [2.45, 2.75) is 6.92 Å². The van der Waals surface area contributed by atoms with E-state index in [4.69, 9.17) is 28.9 Å². The first kappa shape index (κ1) is 19.2. The second-order valence-electron chi connectivity index (χ2n) is 5.71. The van der Waals surface area contributed by atoms with Crippen LogP contribution < -0.4 is 16.2 Å². The molecule has 27 heavy (non-hydrogen) atoms. The van der Waals surface area contributed by atoms with Gasteiger partial charge in [0.2, 0.25) is 0 Å². The number of thiophene rings is 1. The third-order valence-corrected chi connectivity index (χ3v) is 5.04. The smallest absolute Gasteiger partial charge is 0.270 e. The summed E-state index contributed by atoms with van der Waals surface area (Å²) in [4.78, 5) is 24.5. The summed E-state index contributed by atoms with van der Waals surface area (Å²) in [6, 6.07) is 11.5. The molecule has 2 aromatic carbocycles. The molecule has 1 amide bonds. The monoisotopic (exact) mass is 419 g/mol. The van der Waals surface area contributed by atoms with E-state index in [9.17, 15) is 9.59 Å². The fourth-order valence-electron chi connectivity index (χ4n) is 2.47. The van der Waals surface area contributed by atoms with Crippen molar-refractivity contribution in [3.05, 3.63) is 74.4 Å². The van der Waals surface area contributed by atoms with Crippen LogP contribution in [0, 0.1) is 0 Å². The molecular formula is C19H15Cl2N3O2S. The molecule has 8 heteroatoms. The zero-order chi connectivity index (χ0) is 19.6. The van der Waals surface area contributed by atoms with E-state index in [-0.39, 0.29) is 11.7 Å². The van der Waals surface area contributed by atoms with Crippen LogP contribution in [0.1, 0.15) is 27.6 Å². The second kappa shape index (κ2) is 8.00. The molecule has 0 radical (unpaired) electrons. The highest BCUT2D eigenvalue weighted by atomic mass is 35.5. The lowest BCUT2D eigenvalue weighted by atomic mass is 10.1. The molecule has 3 rings (SSSR count). The van der Waals surface area contributed by atoms with Gasteiger partial charge >= 0.3 is 0 Å². The lowest BCUT2D eigenvalue weighted by Gasteiger charge is -2.27. The van der Waals surface area contributed by atoms with E-state index in [1.165, 1.54) is 23.3 Å². The molecule has 0 atom stereocenters. The van der Waals surface area contributed by atoms with E-state index >= 15 is 0 Å². The number of Topliss-reactive ketones (excluding diaryl/α,β-unsaturated/α-hetero) is 1. The van der Waals surface area contributed by atoms with Gasteiger partial charge in [0.25, 0.3) is 5.91 Å². The van der Waals surface area contributed by atoms with Crippen LogP contribution in [-0.2, 0) is 0 Å². The number of nitrogens with two attached hydrogens (primary N) is 1. The molecule has 0 unspecified atom stereocenters. The SMILES string of the molecule is CC(=O)c1cc(N(NC(=O)c2ccsc2)c2ccc(Cl)cc2Cl)ccc1N. The number of halogens is 2. The number of benzene rings is 2. The minimum Gasteiger partial charge on any atom is -0.398 e. The van der Waals surface area contributed by atoms with Crippen LogP contribution in [-0.4, -0.2) is 11.7 Å². The summed E-state index contributed by atoms with van der Waals surface area (Å²) in [5.74, 6) is -0.496. The summed E-state index contributed by atoms with van der Waals surface area (Å²) in [7, 11) is 0. The molecule has 0 saturated carbocycles. The molecule has 138 valence electrons. The minimum absolute atomic E-state index is 0.180. The Kier molecular flexibility index (Phi) is 5.70. The van der Waals surface area contributed by atoms with Gasteiger partial charge in [0.15, 0.2) is 5.78 Å². The normalized spacial score (nSPS) is 10.5. The van der Waals surface area contributed by atoms with Crippen molar-refractivity contribution in [1.29, 1.82) is 0 Å². The van der Waals surface area contributed by atoms with Crippen LogP contribution >= 0.6 is 34.5 Å². The molecule has 1 heterocycles. The summed E-state index contributed by atoms with van der Waals surface area (Å²) in [6.45, 7) is 1.43. The fourth-order valence-corrected chi connectivity index (χ4v) is 3.60. The number of hydrazine groups is 1. The molecule has 0 aliphatic carbocycles. The highest BCUT2D eigenvalue weighted by Gasteiger charge is 2.19. The number of rotatable bonds is 5. The largest absolute Gasteiger partial charge is 0.398 e. The van der Waals surface area contributed by atoms with Crippen LogP contribution in [0.25, 0.3) is 0 Å². The van der Waals surface area contributed by atoms with Gasteiger partial charge in [-0.3, -0.25) is 20.0 Å². The van der Waals surface area contributed by atoms with E-state index in [0.29, 0.717) is 38.2 Å². The average Bonchev–Trinajstić information content (AvgIpc) is 3.15. The standard InChI is InChI=1S/C19H15Cl2N3O2S/c1-11(25)15-9-14(3-4-17(15)22)24(18-5-2-13(20)8-16(18)21)23-19(26)12-6-7-27-10-12/h2-10H,22H2,1H3,(H,23,26). The maximum atomic E-state index is 12.6. The van der Waals surface area contributed by atoms with Crippen molar-refractivity contribution in [3.63, 3.8) is 0 Å². The van der Waals surface area contributed by atoms with E-state index in [1.54, 1.807) is 47.8 Å². The maximum Gasteiger partial charge on any atom is 0.270 e. The summed E-state index contributed by atoms with van der Waals surface area (Å²) in [6.07, 6.45) is 0. The number of carbonyl (C=O) groups excluding carboxylic acids is 2. The summed E-state index contributed by atoms with van der Waals surface area (Å²) in [5.41, 5.74) is 11.0. The molecule has 0 bridgehead atoms. The van der Waals surface area contributed by atoms with Crippen molar-refractivity contribution in [2.75, 3.05) is 10.7 Å². The maximum absolute atomic E-state index is 12.6. The molecule has 0 spiro atoms. The van der Waals surface area contributed by atoms with Gasteiger partial charge in [0.05, 0.1) is 22.0 Å². The van der Waals surface area contributed by atoms with Gasteiger partial charge < -0.3 is 5.73 Å². The Morgan fingerprint density at radius 3 is 2.52 bits per heavy atom. The molecule has 0 saturated heterocycles. The van der Waals surface area contributed by atoms with Crippen molar-refractivity contribution in [3.8, 4) is 0 Å². The van der Waals surface area contributed by atoms with Crippen LogP contribution in [0.5, 0.6) is 0 Å². The first-order valence-corrected chi connectivity index (χ1v) is 9.55. The number of ketones is 1. The molecule has 3 aromatic rings. The van der Waals surface area contributed by atoms with Crippen molar-refractivity contribution in [1.82, 2.24) is 5.43 Å². The third kappa shape index (κ3) is 4.24. The number of amides is 1. The molecule has 5 nitrogen and oxygen atoms in total. The number of nitrogen functional groups attached to an aromatic ring is 1. The van der Waals surface area contributed by atoms with Crippen LogP contribution in [0.2, 0.25) is 10.0 Å². The number of anilines is 3. The Morgan fingerprint density at radius 2 is 1.89 bits per heavy atom. The topological polar surface area (TPSA) is 75.4 Å². The van der Waals surface area contributed by atoms with Gasteiger partial charge in [-0.05, 0) is 54.8 Å². The molecule has 0 aliphatic rings. The van der Waals surface area contributed by atoms with Gasteiger partial charge in [0.1, 0.15) is 0 Å². The van der Waals surface area contributed by atoms with Crippen LogP contribution in [0.15, 0.2) is 53.2 Å². The van der Waals surface area contributed by atoms with Crippen LogP contribution in [0.3, 0.4) is 0 Å². The van der Waals surface area contributed by atoms with E-state index < -0.39 is 0 Å². The molecule has 0 aliphatic heterocycles. The minimum atomic E-state index is -0.316. The molecular weight excluding hydrogens is 405 g/mol. The Labute approximate surface area is 170 Å². The van der Waals surface area contributed by atoms with Gasteiger partial charge in [-0.25, -0.2) is 0 Å². The summed E-state index contributed by atoms with van der Waals surface area (Å²) < 4.78 is 0. The zero-order valence-electron chi connectivity index (χ0n) is 14.2. The number of nitrogens with zero attached hydrogens (tertiary/aromatic N) is 1. The molecule has 1 aromatic heterocycles. The molecule has 3 N–H and O–H groups in total. The van der Waals surface area contributed by atoms with Gasteiger partial charge in [0, 0.05) is 21.7 Å². The zero-order valence-corrected chi connectivity index (χ0v) is 16.5. The Bertz CT molecular complexity index is 1010. The number of hydrogen-bond acceptors (Lipinski definition) is 5. The lowest BCUT2D eigenvalue weighted by molar-refractivity contribution is 0.0953. The van der Waals surface area contributed by atoms with E-state index in [1.807, 2.05) is 5.38 Å². The van der Waals surface area contributed by atoms with E-state index in [2.05, 4.69) is 5.43 Å². The first-order chi connectivity index (χ1) is 12.9. The Morgan fingerprint density at radius 1 is 1.11 bits per heavy atom. The van der Waals surface area contributed by atoms with Crippen molar-refractivity contribution in [2.24, 2.45) is 0 Å². The Hall–Kier alpha value is -2.54. The third-order valence-electron chi connectivity index (χ3n) is 3.82. The van der Waals surface area contributed by atoms with Crippen molar-refractivity contribution >= 4 is 63.3 Å². The predicted octanol–water partition coefficient (Wildman–Crippen LogP) is 5.32. The van der Waals surface area contributed by atoms with Gasteiger partial charge in [-0.1, -0.05) is 23.2 Å². The lowest BCUT2D eigenvalue weighted by Crippen LogP contribution is -2.39. The Balaban J connectivity index is 2.08. The van der Waals surface area contributed by atoms with Crippen molar-refractivity contribution < 1.29 is 9.59 Å². The van der Waals surface area contributed by atoms with Gasteiger partial charge in [-0.2, -0.15) is 11.3 Å². The average molecular weight is 420 g/mol. The molecule has 0 fully saturated rings. The quantitative estimate of drug-likeness (QED) is 0.333. The fraction of sp³-hybridized carbons (Fsp3) is 0.0526. The summed E-state index contributed by atoms with van der Waals surface area (Å²) >= 11 is 13.8. The van der Waals surface area contributed by atoms with Crippen LogP contribution in [0.4, 0.5) is 17.1 Å². The predicted molar refractivity (Wildman–Crippen MR) is 111 cm³/mol. The second-order valence-corrected chi connectivity index (χ2v) is 7.34. The highest BCUT2D eigenvalue weighted by molar-refractivity contribution is 7.08. The van der Waals surface area contributed by atoms with E-state index in [0.717, 1.165) is 0 Å². The number of hydrogen-bond donors (Lipinski definition) is 2. The first-order valence-electron chi connectivity index (χ1n) is 7.85. The van der Waals surface area contributed by atoms with Gasteiger partial charge in [-0.15, -0.1) is 0 Å². The summed E-state index contributed by atoms with van der Waals surface area (Å²) in [5, 5.41) is 5.86. The number of carbonyl (C=O) groups is 2. The number of nitrogens with one attached hydrogen (secondary N) is 1.